The standard InChI is InChI=1S/C65H61N/c1-62(2,3)44-29-33-52-53-34-30-45(63(4,5)6)38-59(53)65(58(52)37-44)56-23-15-12-21-50(56)54-36-32-47(40-60(54)65)66(46-31-35-51-49-20-11-14-22-55(49)64(7,8)57(51)39-46)61-24-16-13-19-48(61)43-27-25-42(26-28-43)41-17-9-10-18-41/h11-16,19-41H,9-10,17-18H2,1-8H3/i41D. The minimum Gasteiger partial charge on any atom is -0.310 e. The van der Waals surface area contributed by atoms with Gasteiger partial charge in [-0.3, -0.25) is 0 Å². The molecule has 1 fully saturated rings. The van der Waals surface area contributed by atoms with Crippen LogP contribution in [0.4, 0.5) is 17.1 Å². The predicted molar refractivity (Wildman–Crippen MR) is 279 cm³/mol. The summed E-state index contributed by atoms with van der Waals surface area (Å²) in [6.45, 7) is 18.8. The lowest BCUT2D eigenvalue weighted by Gasteiger charge is -2.34. The number of hydrogen-bond donors (Lipinski definition) is 0. The fourth-order valence-electron chi connectivity index (χ4n) is 12.4. The van der Waals surface area contributed by atoms with Gasteiger partial charge in [-0.15, -0.1) is 0 Å². The van der Waals surface area contributed by atoms with E-state index in [1.807, 2.05) is 0 Å². The maximum Gasteiger partial charge on any atom is 0.0726 e. The summed E-state index contributed by atoms with van der Waals surface area (Å²) in [5, 5.41) is 0. The molecule has 8 aromatic carbocycles. The lowest BCUT2D eigenvalue weighted by atomic mass is 9.68. The molecule has 1 spiro atoms. The van der Waals surface area contributed by atoms with Crippen molar-refractivity contribution in [3.8, 4) is 44.5 Å². The van der Waals surface area contributed by atoms with Crippen LogP contribution in [0, 0.1) is 0 Å². The van der Waals surface area contributed by atoms with Crippen LogP contribution >= 0.6 is 0 Å². The molecule has 4 aliphatic rings. The van der Waals surface area contributed by atoms with Crippen molar-refractivity contribution in [2.45, 2.75) is 109 Å². The van der Waals surface area contributed by atoms with E-state index in [2.05, 4.69) is 230 Å². The van der Waals surface area contributed by atoms with E-state index < -0.39 is 11.3 Å². The van der Waals surface area contributed by atoms with E-state index >= 15 is 0 Å². The summed E-state index contributed by atoms with van der Waals surface area (Å²) in [5.41, 5.74) is 24.9. The lowest BCUT2D eigenvalue weighted by molar-refractivity contribution is 0.586. The summed E-state index contributed by atoms with van der Waals surface area (Å²) in [7, 11) is 0. The van der Waals surface area contributed by atoms with Crippen molar-refractivity contribution in [1.82, 2.24) is 0 Å². The van der Waals surface area contributed by atoms with Gasteiger partial charge in [0, 0.05) is 23.7 Å². The second-order valence-electron chi connectivity index (χ2n) is 22.2. The molecular weight excluding hydrogens is 795 g/mol. The van der Waals surface area contributed by atoms with Crippen molar-refractivity contribution in [3.05, 3.63) is 220 Å². The third kappa shape index (κ3) is 5.97. The number of anilines is 3. The van der Waals surface area contributed by atoms with Crippen molar-refractivity contribution >= 4 is 17.1 Å². The van der Waals surface area contributed by atoms with Crippen molar-refractivity contribution in [2.24, 2.45) is 0 Å². The molecule has 12 rings (SSSR count). The van der Waals surface area contributed by atoms with Gasteiger partial charge in [0.05, 0.1) is 11.1 Å². The van der Waals surface area contributed by atoms with E-state index in [0.717, 1.165) is 53.9 Å². The van der Waals surface area contributed by atoms with E-state index in [9.17, 15) is 1.37 Å². The molecule has 0 heterocycles. The molecule has 0 amide bonds. The number of hydrogen-bond acceptors (Lipinski definition) is 1. The zero-order chi connectivity index (χ0) is 46.3. The number of fused-ring (bicyclic) bond motifs is 13. The highest BCUT2D eigenvalue weighted by Crippen LogP contribution is 2.64. The third-order valence-corrected chi connectivity index (χ3v) is 15.9. The summed E-state index contributed by atoms with van der Waals surface area (Å²) in [6, 6.07) is 65.4. The molecule has 0 unspecified atom stereocenters. The first-order valence-electron chi connectivity index (χ1n) is 24.9. The number of para-hydroxylation sites is 1. The third-order valence-electron chi connectivity index (χ3n) is 15.9. The average Bonchev–Trinajstić information content (AvgIpc) is 4.05. The molecule has 0 bridgehead atoms. The summed E-state index contributed by atoms with van der Waals surface area (Å²) >= 11 is 0. The second kappa shape index (κ2) is 14.5. The summed E-state index contributed by atoms with van der Waals surface area (Å²) in [5.74, 6) is -0.490. The number of rotatable bonds is 5. The average molecular weight is 857 g/mol. The predicted octanol–water partition coefficient (Wildman–Crippen LogP) is 17.7. The van der Waals surface area contributed by atoms with E-state index in [-0.39, 0.29) is 16.2 Å². The smallest absolute Gasteiger partial charge is 0.0726 e. The highest BCUT2D eigenvalue weighted by Gasteiger charge is 2.52. The monoisotopic (exact) mass is 856 g/mol. The van der Waals surface area contributed by atoms with Gasteiger partial charge in [0.2, 0.25) is 0 Å². The highest BCUT2D eigenvalue weighted by atomic mass is 15.1. The van der Waals surface area contributed by atoms with Crippen molar-refractivity contribution in [3.63, 3.8) is 0 Å². The topological polar surface area (TPSA) is 3.24 Å². The molecule has 1 nitrogen and oxygen atoms in total. The Morgan fingerprint density at radius 1 is 0.439 bits per heavy atom. The van der Waals surface area contributed by atoms with Crippen molar-refractivity contribution in [2.75, 3.05) is 4.90 Å². The Kier molecular flexibility index (Phi) is 8.78. The van der Waals surface area contributed by atoms with Crippen LogP contribution in [0.15, 0.2) is 170 Å². The van der Waals surface area contributed by atoms with E-state index in [4.69, 9.17) is 0 Å². The molecule has 326 valence electrons. The largest absolute Gasteiger partial charge is 0.310 e. The first kappa shape index (κ1) is 39.9. The fourth-order valence-corrected chi connectivity index (χ4v) is 12.4. The molecule has 0 aromatic heterocycles. The SMILES string of the molecule is [2H]C1(c2ccc(-c3ccccc3N(c3ccc4c(c3)C(C)(C)c3ccccc3-4)c3ccc4c(c3)C3(c5ccccc5-4)c4cc(C(C)(C)C)ccc4-c4ccc(C(C)(C)C)cc43)cc2)CCCC1. The summed E-state index contributed by atoms with van der Waals surface area (Å²) < 4.78 is 9.32. The van der Waals surface area contributed by atoms with Crippen molar-refractivity contribution < 1.29 is 1.37 Å². The fraction of sp³-hybridized carbons (Fsp3) is 0.262. The summed E-state index contributed by atoms with van der Waals surface area (Å²) in [6.07, 6.45) is 4.13. The van der Waals surface area contributed by atoms with Gasteiger partial charge in [-0.25, -0.2) is 0 Å². The number of benzene rings is 8. The molecular formula is C65H61N. The molecule has 0 aliphatic heterocycles. The first-order chi connectivity index (χ1) is 32.1. The van der Waals surface area contributed by atoms with Gasteiger partial charge in [0.1, 0.15) is 0 Å². The van der Waals surface area contributed by atoms with Crippen LogP contribution in [0.3, 0.4) is 0 Å². The van der Waals surface area contributed by atoms with Gasteiger partial charge in [0.15, 0.2) is 0 Å². The zero-order valence-corrected chi connectivity index (χ0v) is 39.9. The maximum atomic E-state index is 9.32. The van der Waals surface area contributed by atoms with Crippen LogP contribution < -0.4 is 4.90 Å². The Bertz CT molecular complexity index is 3240. The van der Waals surface area contributed by atoms with Crippen LogP contribution in [-0.2, 0) is 21.7 Å². The van der Waals surface area contributed by atoms with Crippen molar-refractivity contribution in [1.29, 1.82) is 0 Å². The zero-order valence-electron chi connectivity index (χ0n) is 40.9. The Morgan fingerprint density at radius 2 is 0.879 bits per heavy atom. The molecule has 0 radical (unpaired) electrons. The quantitative estimate of drug-likeness (QED) is 0.167. The van der Waals surface area contributed by atoms with Crippen LogP contribution in [0.5, 0.6) is 0 Å². The van der Waals surface area contributed by atoms with Gasteiger partial charge in [-0.05, 0) is 149 Å². The highest BCUT2D eigenvalue weighted by molar-refractivity contribution is 5.98. The molecule has 0 atom stereocenters. The van der Waals surface area contributed by atoms with E-state index in [1.54, 1.807) is 0 Å². The first-order valence-corrected chi connectivity index (χ1v) is 24.4. The minimum atomic E-state index is -0.524. The van der Waals surface area contributed by atoms with Gasteiger partial charge >= 0.3 is 0 Å². The van der Waals surface area contributed by atoms with Crippen LogP contribution in [0.2, 0.25) is 0 Å². The summed E-state index contributed by atoms with van der Waals surface area (Å²) in [4.78, 5) is 2.54. The van der Waals surface area contributed by atoms with Gasteiger partial charge in [0.25, 0.3) is 0 Å². The molecule has 4 aliphatic carbocycles. The molecule has 0 saturated heterocycles. The Morgan fingerprint density at radius 3 is 1.45 bits per heavy atom. The van der Waals surface area contributed by atoms with Crippen LogP contribution in [0.25, 0.3) is 44.5 Å². The lowest BCUT2D eigenvalue weighted by Crippen LogP contribution is -2.27. The maximum absolute atomic E-state index is 9.32. The molecule has 66 heavy (non-hydrogen) atoms. The molecule has 8 aromatic rings. The van der Waals surface area contributed by atoms with E-state index in [1.165, 1.54) is 83.5 Å². The van der Waals surface area contributed by atoms with E-state index in [0.29, 0.717) is 0 Å². The molecule has 0 N–H and O–H groups in total. The van der Waals surface area contributed by atoms with Gasteiger partial charge in [-0.2, -0.15) is 0 Å². The molecule has 1 saturated carbocycles. The Labute approximate surface area is 394 Å². The normalized spacial score (nSPS) is 16.8. The van der Waals surface area contributed by atoms with Crippen LogP contribution in [0.1, 0.15) is 138 Å². The Balaban J connectivity index is 1.12. The van der Waals surface area contributed by atoms with Crippen LogP contribution in [-0.4, -0.2) is 0 Å². The second-order valence-corrected chi connectivity index (χ2v) is 22.2. The number of nitrogens with zero attached hydrogens (tertiary/aromatic N) is 1. The van der Waals surface area contributed by atoms with Gasteiger partial charge < -0.3 is 4.90 Å². The Hall–Kier alpha value is -6.44. The molecule has 1 heteroatoms. The minimum absolute atomic E-state index is 0.0254. The van der Waals surface area contributed by atoms with Gasteiger partial charge in [-0.1, -0.05) is 208 Å².